The molecule has 0 fully saturated rings. The van der Waals surface area contributed by atoms with Crippen molar-refractivity contribution in [2.75, 3.05) is 23.4 Å². The van der Waals surface area contributed by atoms with Crippen LogP contribution in [0.25, 0.3) is 87.8 Å². The Morgan fingerprint density at radius 1 is 0.509 bits per heavy atom. The Labute approximate surface area is 319 Å². The Hall–Kier alpha value is -7.31. The zero-order valence-corrected chi connectivity index (χ0v) is 29.4. The van der Waals surface area contributed by atoms with E-state index in [1.54, 1.807) is 0 Å². The first kappa shape index (κ1) is 26.5. The van der Waals surface area contributed by atoms with Gasteiger partial charge < -0.3 is 18.9 Å². The van der Waals surface area contributed by atoms with Gasteiger partial charge in [0.05, 0.1) is 51.3 Å². The summed E-state index contributed by atoms with van der Waals surface area (Å²) in [6.07, 6.45) is 1.87. The summed E-state index contributed by atoms with van der Waals surface area (Å²) in [5.41, 5.74) is 13.0. The van der Waals surface area contributed by atoms with E-state index in [4.69, 9.17) is 13.8 Å². The van der Waals surface area contributed by atoms with Gasteiger partial charge in [-0.3, -0.25) is 4.40 Å². The van der Waals surface area contributed by atoms with Crippen LogP contribution in [0.3, 0.4) is 0 Å². The third kappa shape index (κ3) is 3.75. The average molecular weight is 709 g/mol. The fourth-order valence-electron chi connectivity index (χ4n) is 9.61. The molecule has 0 bridgehead atoms. The van der Waals surface area contributed by atoms with Crippen LogP contribution in [0.15, 0.2) is 158 Å². The van der Waals surface area contributed by atoms with Gasteiger partial charge in [-0.1, -0.05) is 84.9 Å². The second-order valence-electron chi connectivity index (χ2n) is 14.6. The normalized spacial score (nSPS) is 14.4. The van der Waals surface area contributed by atoms with Crippen molar-refractivity contribution in [3.8, 4) is 33.8 Å². The lowest BCUT2D eigenvalue weighted by atomic mass is 9.94. The minimum atomic E-state index is -2.31. The summed E-state index contributed by atoms with van der Waals surface area (Å²) in [5, 5.41) is 6.84. The summed E-state index contributed by atoms with van der Waals surface area (Å²) >= 11 is 0. The Morgan fingerprint density at radius 3 is 2.09 bits per heavy atom. The fraction of sp³-hybridized carbons (Fsp3) is 0.0408. The van der Waals surface area contributed by atoms with Gasteiger partial charge >= 0.3 is 0 Å². The fourth-order valence-corrected chi connectivity index (χ4v) is 9.61. The number of anilines is 3. The van der Waals surface area contributed by atoms with Crippen molar-refractivity contribution in [1.29, 1.82) is 0 Å². The van der Waals surface area contributed by atoms with Crippen LogP contribution in [0, 0.1) is 0 Å². The average Bonchev–Trinajstić information content (AvgIpc) is 3.89. The highest BCUT2D eigenvalue weighted by Crippen LogP contribution is 2.54. The van der Waals surface area contributed by atoms with Crippen molar-refractivity contribution >= 4 is 82.6 Å². The Morgan fingerprint density at radius 2 is 1.18 bits per heavy atom. The van der Waals surface area contributed by atoms with Crippen LogP contribution >= 0.6 is 0 Å². The summed E-state index contributed by atoms with van der Waals surface area (Å²) in [4.78, 5) is 8.74. The molecule has 55 heavy (non-hydrogen) atoms. The molecule has 2 aliphatic rings. The third-order valence-corrected chi connectivity index (χ3v) is 11.8. The van der Waals surface area contributed by atoms with E-state index in [1.165, 1.54) is 21.2 Å². The van der Waals surface area contributed by atoms with Crippen LogP contribution in [0.4, 0.5) is 17.1 Å². The molecule has 0 radical (unpaired) electrons. The highest BCUT2D eigenvalue weighted by atomic mass is 16.5. The molecule has 7 aromatic carbocycles. The number of nitrogens with zero attached hydrogens (tertiary/aromatic N) is 5. The van der Waals surface area contributed by atoms with Gasteiger partial charge in [0.1, 0.15) is 17.1 Å². The van der Waals surface area contributed by atoms with E-state index >= 15 is 0 Å². The molecule has 0 atom stereocenters. The molecule has 11 aromatic rings. The topological polar surface area (TPSA) is 37.4 Å². The number of para-hydroxylation sites is 4. The van der Waals surface area contributed by atoms with Crippen LogP contribution < -0.4 is 14.5 Å². The summed E-state index contributed by atoms with van der Waals surface area (Å²) in [6.45, 7) is -2.11. The van der Waals surface area contributed by atoms with E-state index in [1.807, 2.05) is 48.7 Å². The molecule has 0 saturated carbocycles. The molecule has 13 rings (SSSR count). The van der Waals surface area contributed by atoms with E-state index in [9.17, 15) is 0 Å². The zero-order valence-electron chi connectivity index (χ0n) is 32.4. The largest absolute Gasteiger partial charge is 0.457 e. The van der Waals surface area contributed by atoms with E-state index in [0.717, 1.165) is 82.9 Å². The summed E-state index contributed by atoms with van der Waals surface area (Å²) in [7, 11) is 0. The lowest BCUT2D eigenvalue weighted by Crippen LogP contribution is -2.24. The van der Waals surface area contributed by atoms with Gasteiger partial charge in [0.2, 0.25) is 0 Å². The number of fused-ring (bicyclic) bond motifs is 15. The number of hydrogen-bond donors (Lipinski definition) is 0. The monoisotopic (exact) mass is 708 g/mol. The number of aromatic nitrogens is 3. The summed E-state index contributed by atoms with van der Waals surface area (Å²) in [6, 6.07) is 52.8. The van der Waals surface area contributed by atoms with E-state index in [-0.39, 0.29) is 6.67 Å². The molecule has 6 heteroatoms. The number of rotatable bonds is 2. The maximum absolute atomic E-state index is 8.41. The van der Waals surface area contributed by atoms with E-state index in [0.29, 0.717) is 17.2 Å². The smallest absolute Gasteiger partial charge is 0.145 e. The van der Waals surface area contributed by atoms with Gasteiger partial charge in [0.15, 0.2) is 0 Å². The van der Waals surface area contributed by atoms with Crippen molar-refractivity contribution in [3.05, 3.63) is 158 Å². The molecular formula is C49H31N5O. The molecule has 4 aromatic heterocycles. The second kappa shape index (κ2) is 10.4. The predicted molar refractivity (Wildman–Crippen MR) is 226 cm³/mol. The molecule has 6 nitrogen and oxygen atoms in total. The summed E-state index contributed by atoms with van der Waals surface area (Å²) in [5.74, 6) is 1.34. The lowest BCUT2D eigenvalue weighted by molar-refractivity contribution is 0.483. The molecule has 6 heterocycles. The molecular weight excluding hydrogens is 675 g/mol. The van der Waals surface area contributed by atoms with Crippen LogP contribution in [0.2, 0.25) is 0 Å². The first-order chi connectivity index (χ1) is 28.4. The molecule has 0 saturated heterocycles. The van der Waals surface area contributed by atoms with Gasteiger partial charge in [-0.2, -0.15) is 0 Å². The van der Waals surface area contributed by atoms with Crippen LogP contribution in [0.5, 0.6) is 11.5 Å². The second-order valence-corrected chi connectivity index (χ2v) is 14.6. The quantitative estimate of drug-likeness (QED) is 0.179. The van der Waals surface area contributed by atoms with Crippen LogP contribution in [-0.4, -0.2) is 27.4 Å². The lowest BCUT2D eigenvalue weighted by Gasteiger charge is -2.22. The Balaban J connectivity index is 1.05. The molecule has 258 valence electrons. The van der Waals surface area contributed by atoms with Crippen molar-refractivity contribution in [1.82, 2.24) is 13.8 Å². The molecule has 0 amide bonds. The number of benzene rings is 7. The van der Waals surface area contributed by atoms with Crippen molar-refractivity contribution in [3.63, 3.8) is 0 Å². The van der Waals surface area contributed by atoms with Crippen molar-refractivity contribution < 1.29 is 8.85 Å². The predicted octanol–water partition coefficient (Wildman–Crippen LogP) is 12.3. The van der Waals surface area contributed by atoms with Crippen LogP contribution in [-0.2, 0) is 0 Å². The number of pyridine rings is 1. The molecule has 0 aliphatic carbocycles. The maximum Gasteiger partial charge on any atom is 0.145 e. The first-order valence-electron chi connectivity index (χ1n) is 20.1. The standard InChI is InChI=1S/C49H31N5O/c1-51-28-52-44-26-29(21-23-34(44)31-10-2-3-11-32(31)36-15-7-19-42(51)47(36)52)55-30-22-24-35-38-16-8-20-43-48(38)54(45(35)27-30)49-40(17-9-25-50-49)39-14-6-13-37-33-12-4-5-18-41(33)53(43)46(37)39/h2-27H,28H2,1H3/i1D3. The maximum atomic E-state index is 8.41. The molecule has 0 spiro atoms. The third-order valence-electron chi connectivity index (χ3n) is 11.8. The van der Waals surface area contributed by atoms with Crippen LogP contribution in [0.1, 0.15) is 4.11 Å². The first-order valence-corrected chi connectivity index (χ1v) is 18.6. The SMILES string of the molecule is [2H]C([2H])([2H])N1CN2c3cc(Oc4ccc5c6cccc7c6n(c5c4)c4ncccc4c4cccc5c6ccccc6n7c54)ccc3-c3ccccc3-c3cccc1c32. The van der Waals surface area contributed by atoms with E-state index < -0.39 is 6.98 Å². The minimum absolute atomic E-state index is 0.195. The molecule has 2 aliphatic heterocycles. The summed E-state index contributed by atoms with van der Waals surface area (Å²) < 4.78 is 36.8. The van der Waals surface area contributed by atoms with Gasteiger partial charge in [0, 0.05) is 72.9 Å². The Kier molecular flexibility index (Phi) is 5.01. The minimum Gasteiger partial charge on any atom is -0.457 e. The number of ether oxygens (including phenoxy) is 1. The van der Waals surface area contributed by atoms with Gasteiger partial charge in [-0.05, 0) is 65.7 Å². The zero-order chi connectivity index (χ0) is 38.4. The van der Waals surface area contributed by atoms with Gasteiger partial charge in [0.25, 0.3) is 0 Å². The van der Waals surface area contributed by atoms with Gasteiger partial charge in [-0.15, -0.1) is 0 Å². The van der Waals surface area contributed by atoms with E-state index in [2.05, 4.69) is 123 Å². The Bertz CT molecular complexity index is 3600. The van der Waals surface area contributed by atoms with Crippen molar-refractivity contribution in [2.45, 2.75) is 0 Å². The van der Waals surface area contributed by atoms with Gasteiger partial charge in [-0.25, -0.2) is 4.98 Å². The molecule has 0 N–H and O–H groups in total. The van der Waals surface area contributed by atoms with Crippen molar-refractivity contribution in [2.24, 2.45) is 0 Å². The highest BCUT2D eigenvalue weighted by molar-refractivity contribution is 6.23. The number of hydrogen-bond acceptors (Lipinski definition) is 4. The molecule has 0 unspecified atom stereocenters. The highest BCUT2D eigenvalue weighted by Gasteiger charge is 2.33.